The molecular formula is C11H15NO7S. The highest BCUT2D eigenvalue weighted by atomic mass is 32.2. The second-order valence-electron chi connectivity index (χ2n) is 4.56. The minimum Gasteiger partial charge on any atom is -0.475 e. The van der Waals surface area contributed by atoms with Crippen LogP contribution in [-0.2, 0) is 19.6 Å². The Labute approximate surface area is 115 Å². The second kappa shape index (κ2) is 5.25. The molecule has 0 bridgehead atoms. The normalized spacial score (nSPS) is 12.2. The number of hydrogen-bond donors (Lipinski definition) is 2. The number of hydrogen-bond acceptors (Lipinski definition) is 6. The number of methoxy groups -OCH3 is 1. The Balaban J connectivity index is 3.18. The summed E-state index contributed by atoms with van der Waals surface area (Å²) < 4.78 is 35.8. The molecule has 0 spiro atoms. The van der Waals surface area contributed by atoms with Gasteiger partial charge in [-0.2, -0.15) is 4.72 Å². The van der Waals surface area contributed by atoms with Crippen LogP contribution in [0.4, 0.5) is 0 Å². The molecular weight excluding hydrogens is 290 g/mol. The highest BCUT2D eigenvalue weighted by Crippen LogP contribution is 2.22. The van der Waals surface area contributed by atoms with Crippen molar-refractivity contribution in [2.45, 2.75) is 31.2 Å². The zero-order valence-electron chi connectivity index (χ0n) is 11.4. The van der Waals surface area contributed by atoms with Gasteiger partial charge in [-0.25, -0.2) is 13.2 Å². The number of carbonyl (C=O) groups is 2. The first kappa shape index (κ1) is 16.2. The van der Waals surface area contributed by atoms with Crippen molar-refractivity contribution in [2.24, 2.45) is 0 Å². The first-order valence-electron chi connectivity index (χ1n) is 5.47. The molecule has 8 nitrogen and oxygen atoms in total. The van der Waals surface area contributed by atoms with Crippen LogP contribution in [0, 0.1) is 6.92 Å². The van der Waals surface area contributed by atoms with Crippen molar-refractivity contribution in [1.82, 2.24) is 4.72 Å². The van der Waals surface area contributed by atoms with Gasteiger partial charge < -0.3 is 14.3 Å². The van der Waals surface area contributed by atoms with Crippen LogP contribution < -0.4 is 4.72 Å². The zero-order chi connectivity index (χ0) is 15.7. The fourth-order valence-electron chi connectivity index (χ4n) is 1.53. The number of rotatable bonds is 5. The quantitative estimate of drug-likeness (QED) is 0.760. The number of nitrogens with one attached hydrogen (secondary N) is 1. The van der Waals surface area contributed by atoms with E-state index in [2.05, 4.69) is 9.46 Å². The number of carboxylic acids is 1. The molecule has 1 aromatic heterocycles. The van der Waals surface area contributed by atoms with E-state index < -0.39 is 33.3 Å². The third kappa shape index (κ3) is 3.17. The molecule has 0 aliphatic heterocycles. The molecule has 0 atom stereocenters. The van der Waals surface area contributed by atoms with E-state index in [1.54, 1.807) is 0 Å². The molecule has 1 aromatic rings. The van der Waals surface area contributed by atoms with E-state index in [1.807, 2.05) is 0 Å². The number of sulfonamides is 1. The van der Waals surface area contributed by atoms with Crippen LogP contribution in [0.2, 0.25) is 0 Å². The smallest absolute Gasteiger partial charge is 0.371 e. The molecule has 0 aliphatic rings. The van der Waals surface area contributed by atoms with E-state index in [9.17, 15) is 18.0 Å². The minimum atomic E-state index is -4.12. The number of carbonyl (C=O) groups excluding carboxylic acids is 1. The summed E-state index contributed by atoms with van der Waals surface area (Å²) in [5.41, 5.74) is -1.50. The minimum absolute atomic E-state index is 0.0874. The second-order valence-corrected chi connectivity index (χ2v) is 6.21. The van der Waals surface area contributed by atoms with Gasteiger partial charge in [-0.1, -0.05) is 0 Å². The molecule has 0 saturated heterocycles. The van der Waals surface area contributed by atoms with E-state index in [1.165, 1.54) is 20.8 Å². The van der Waals surface area contributed by atoms with E-state index in [0.717, 1.165) is 13.2 Å². The highest BCUT2D eigenvalue weighted by Gasteiger charge is 2.36. The Morgan fingerprint density at radius 1 is 1.40 bits per heavy atom. The van der Waals surface area contributed by atoms with Crippen LogP contribution in [0.25, 0.3) is 0 Å². The molecule has 0 amide bonds. The topological polar surface area (TPSA) is 123 Å². The summed E-state index contributed by atoms with van der Waals surface area (Å²) >= 11 is 0. The SMILES string of the molecule is COC(=O)C(C)(C)NS(=O)(=O)c1cc(C(=O)O)oc1C. The van der Waals surface area contributed by atoms with Crippen LogP contribution in [0.5, 0.6) is 0 Å². The predicted octanol–water partition coefficient (Wildman–Crippen LogP) is 0.516. The lowest BCUT2D eigenvalue weighted by atomic mass is 10.1. The van der Waals surface area contributed by atoms with Gasteiger partial charge in [0.25, 0.3) is 0 Å². The maximum atomic E-state index is 12.2. The van der Waals surface area contributed by atoms with Gasteiger partial charge in [0.1, 0.15) is 16.2 Å². The van der Waals surface area contributed by atoms with Gasteiger partial charge in [-0.15, -0.1) is 0 Å². The Morgan fingerprint density at radius 3 is 2.35 bits per heavy atom. The van der Waals surface area contributed by atoms with Gasteiger partial charge in [0.05, 0.1) is 7.11 Å². The highest BCUT2D eigenvalue weighted by molar-refractivity contribution is 7.89. The van der Waals surface area contributed by atoms with Crippen molar-refractivity contribution in [1.29, 1.82) is 0 Å². The largest absolute Gasteiger partial charge is 0.475 e. The lowest BCUT2D eigenvalue weighted by molar-refractivity contribution is -0.146. The lowest BCUT2D eigenvalue weighted by Gasteiger charge is -2.22. The third-order valence-corrected chi connectivity index (χ3v) is 4.22. The molecule has 1 rings (SSSR count). The summed E-state index contributed by atoms with van der Waals surface area (Å²) in [5.74, 6) is -2.75. The Morgan fingerprint density at radius 2 is 1.95 bits per heavy atom. The molecule has 9 heteroatoms. The van der Waals surface area contributed by atoms with Crippen LogP contribution >= 0.6 is 0 Å². The third-order valence-electron chi connectivity index (χ3n) is 2.46. The first-order valence-corrected chi connectivity index (χ1v) is 6.95. The number of aryl methyl sites for hydroxylation is 1. The molecule has 1 heterocycles. The molecule has 112 valence electrons. The number of ether oxygens (including phenoxy) is 1. The van der Waals surface area contributed by atoms with Gasteiger partial charge in [0.15, 0.2) is 0 Å². The predicted molar refractivity (Wildman–Crippen MR) is 66.8 cm³/mol. The van der Waals surface area contributed by atoms with Gasteiger partial charge in [-0.05, 0) is 20.8 Å². The van der Waals surface area contributed by atoms with Gasteiger partial charge in [0, 0.05) is 6.07 Å². The summed E-state index contributed by atoms with van der Waals surface area (Å²) in [4.78, 5) is 21.9. The summed E-state index contributed by atoms with van der Waals surface area (Å²) in [6.07, 6.45) is 0. The maximum absolute atomic E-state index is 12.2. The van der Waals surface area contributed by atoms with Crippen LogP contribution in [0.15, 0.2) is 15.4 Å². The molecule has 0 radical (unpaired) electrons. The summed E-state index contributed by atoms with van der Waals surface area (Å²) in [6, 6.07) is 0.882. The summed E-state index contributed by atoms with van der Waals surface area (Å²) in [6.45, 7) is 3.96. The Kier molecular flexibility index (Phi) is 4.25. The van der Waals surface area contributed by atoms with Crippen molar-refractivity contribution in [3.05, 3.63) is 17.6 Å². The van der Waals surface area contributed by atoms with E-state index in [0.29, 0.717) is 0 Å². The molecule has 0 fully saturated rings. The number of carboxylic acid groups (broad SMARTS) is 1. The molecule has 0 aliphatic carbocycles. The van der Waals surface area contributed by atoms with Gasteiger partial charge in [-0.3, -0.25) is 4.79 Å². The van der Waals surface area contributed by atoms with Gasteiger partial charge >= 0.3 is 11.9 Å². The summed E-state index contributed by atoms with van der Waals surface area (Å²) in [5, 5.41) is 8.76. The van der Waals surface area contributed by atoms with E-state index in [4.69, 9.17) is 9.52 Å². The molecule has 2 N–H and O–H groups in total. The average molecular weight is 305 g/mol. The molecule has 0 saturated carbocycles. The van der Waals surface area contributed by atoms with Crippen molar-refractivity contribution >= 4 is 22.0 Å². The number of furan rings is 1. The molecule has 20 heavy (non-hydrogen) atoms. The first-order chi connectivity index (χ1) is 9.01. The lowest BCUT2D eigenvalue weighted by Crippen LogP contribution is -2.50. The van der Waals surface area contributed by atoms with Crippen molar-refractivity contribution in [3.63, 3.8) is 0 Å². The Bertz CT molecular complexity index is 642. The van der Waals surface area contributed by atoms with Crippen LogP contribution in [0.3, 0.4) is 0 Å². The van der Waals surface area contributed by atoms with E-state index in [-0.39, 0.29) is 10.7 Å². The summed E-state index contributed by atoms with van der Waals surface area (Å²) in [7, 11) is -3.00. The Hall–Kier alpha value is -1.87. The van der Waals surface area contributed by atoms with Crippen LogP contribution in [0.1, 0.15) is 30.2 Å². The fraction of sp³-hybridized carbons (Fsp3) is 0.455. The van der Waals surface area contributed by atoms with Crippen molar-refractivity contribution < 1.29 is 32.3 Å². The standard InChI is InChI=1S/C11H15NO7S/c1-6-8(5-7(19-6)9(13)14)20(16,17)12-11(2,3)10(15)18-4/h5,12H,1-4H3,(H,13,14). The number of esters is 1. The molecule has 0 aromatic carbocycles. The van der Waals surface area contributed by atoms with Gasteiger partial charge in [0.2, 0.25) is 15.8 Å². The molecule has 0 unspecified atom stereocenters. The monoisotopic (exact) mass is 305 g/mol. The van der Waals surface area contributed by atoms with Crippen molar-refractivity contribution in [3.8, 4) is 0 Å². The maximum Gasteiger partial charge on any atom is 0.371 e. The average Bonchev–Trinajstić information content (AvgIpc) is 2.69. The van der Waals surface area contributed by atoms with E-state index >= 15 is 0 Å². The zero-order valence-corrected chi connectivity index (χ0v) is 12.2. The van der Waals surface area contributed by atoms with Crippen molar-refractivity contribution in [2.75, 3.05) is 7.11 Å². The number of aromatic carboxylic acids is 1. The van der Waals surface area contributed by atoms with Crippen LogP contribution in [-0.4, -0.2) is 38.1 Å². The fourth-order valence-corrected chi connectivity index (χ4v) is 3.07.